The summed E-state index contributed by atoms with van der Waals surface area (Å²) in [7, 11) is 0. The number of hydrogen-bond donors (Lipinski definition) is 2. The number of hydrogen-bond acceptors (Lipinski definition) is 3. The van der Waals surface area contributed by atoms with Crippen LogP contribution in [0.1, 0.15) is 32.5 Å². The van der Waals surface area contributed by atoms with Crippen LogP contribution < -0.4 is 10.6 Å². The predicted molar refractivity (Wildman–Crippen MR) is 81.8 cm³/mol. The van der Waals surface area contributed by atoms with Crippen LogP contribution in [0.15, 0.2) is 28.7 Å². The maximum Gasteiger partial charge on any atom is 0.256 e. The van der Waals surface area contributed by atoms with E-state index in [0.29, 0.717) is 0 Å². The quantitative estimate of drug-likeness (QED) is 0.826. The summed E-state index contributed by atoms with van der Waals surface area (Å²) in [6.07, 6.45) is -0.162. The number of benzene rings is 1. The SMILES string of the molecule is Cc1sc2c(c1C)C(=O)N[C@H](c1ccc(Br)cc1)N2. The van der Waals surface area contributed by atoms with E-state index in [1.165, 1.54) is 4.88 Å². The van der Waals surface area contributed by atoms with Crippen molar-refractivity contribution in [1.82, 2.24) is 5.32 Å². The summed E-state index contributed by atoms with van der Waals surface area (Å²) < 4.78 is 1.03. The normalized spacial score (nSPS) is 17.6. The van der Waals surface area contributed by atoms with Gasteiger partial charge >= 0.3 is 0 Å². The smallest absolute Gasteiger partial charge is 0.256 e. The summed E-state index contributed by atoms with van der Waals surface area (Å²) in [6.45, 7) is 4.04. The predicted octanol–water partition coefficient (Wildman–Crippen LogP) is 3.98. The number of fused-ring (bicyclic) bond motifs is 1. The molecule has 2 heterocycles. The summed E-state index contributed by atoms with van der Waals surface area (Å²) in [5.74, 6) is 0.00326. The van der Waals surface area contributed by atoms with Gasteiger partial charge in [0, 0.05) is 9.35 Å². The van der Waals surface area contributed by atoms with E-state index in [2.05, 4.69) is 26.6 Å². The van der Waals surface area contributed by atoms with Gasteiger partial charge in [-0.15, -0.1) is 11.3 Å². The molecule has 1 aliphatic heterocycles. The van der Waals surface area contributed by atoms with Crippen LogP contribution in [0.4, 0.5) is 5.00 Å². The van der Waals surface area contributed by atoms with Crippen molar-refractivity contribution in [1.29, 1.82) is 0 Å². The number of carbonyl (C=O) groups is 1. The van der Waals surface area contributed by atoms with Gasteiger partial charge in [0.25, 0.3) is 5.91 Å². The van der Waals surface area contributed by atoms with Crippen LogP contribution in [0, 0.1) is 13.8 Å². The summed E-state index contributed by atoms with van der Waals surface area (Å²) in [6, 6.07) is 7.95. The molecule has 0 saturated heterocycles. The molecule has 0 fully saturated rings. The van der Waals surface area contributed by atoms with Crippen molar-refractivity contribution >= 4 is 38.2 Å². The monoisotopic (exact) mass is 336 g/mol. The van der Waals surface area contributed by atoms with E-state index in [1.54, 1.807) is 11.3 Å². The van der Waals surface area contributed by atoms with Gasteiger partial charge in [-0.05, 0) is 37.1 Å². The van der Waals surface area contributed by atoms with Gasteiger partial charge in [-0.25, -0.2) is 0 Å². The Morgan fingerprint density at radius 3 is 2.53 bits per heavy atom. The molecular weight excluding hydrogens is 324 g/mol. The first kappa shape index (κ1) is 12.7. The largest absolute Gasteiger partial charge is 0.353 e. The Balaban J connectivity index is 1.97. The Kier molecular flexibility index (Phi) is 3.11. The fourth-order valence-electron chi connectivity index (χ4n) is 2.19. The molecule has 19 heavy (non-hydrogen) atoms. The first-order chi connectivity index (χ1) is 9.06. The standard InChI is InChI=1S/C14H13BrN2OS/c1-7-8(2)19-14-11(7)13(18)16-12(17-14)9-3-5-10(15)6-4-9/h3-6,12,17H,1-2H3,(H,16,18)/t12-/m0/s1. The first-order valence-electron chi connectivity index (χ1n) is 5.99. The highest BCUT2D eigenvalue weighted by Crippen LogP contribution is 2.37. The number of carbonyl (C=O) groups excluding carboxylic acids is 1. The molecule has 1 aromatic carbocycles. The van der Waals surface area contributed by atoms with E-state index in [4.69, 9.17) is 0 Å². The summed E-state index contributed by atoms with van der Waals surface area (Å²) in [5.41, 5.74) is 2.90. The third-order valence-electron chi connectivity index (χ3n) is 3.37. The number of anilines is 1. The van der Waals surface area contributed by atoms with Crippen LogP contribution in [0.5, 0.6) is 0 Å². The second kappa shape index (κ2) is 4.65. The van der Waals surface area contributed by atoms with Gasteiger partial charge in [0.15, 0.2) is 0 Å². The molecule has 2 N–H and O–H groups in total. The van der Waals surface area contributed by atoms with E-state index in [1.807, 2.05) is 38.1 Å². The van der Waals surface area contributed by atoms with Gasteiger partial charge in [0.1, 0.15) is 11.2 Å². The molecule has 98 valence electrons. The molecule has 1 amide bonds. The minimum Gasteiger partial charge on any atom is -0.353 e. The van der Waals surface area contributed by atoms with Crippen molar-refractivity contribution in [3.63, 3.8) is 0 Å². The molecular formula is C14H13BrN2OS. The molecule has 0 saturated carbocycles. The Morgan fingerprint density at radius 1 is 1.16 bits per heavy atom. The second-order valence-corrected chi connectivity index (χ2v) is 6.73. The Labute approximate surface area is 124 Å². The fraction of sp³-hybridized carbons (Fsp3) is 0.214. The molecule has 1 atom stereocenters. The van der Waals surface area contributed by atoms with Crippen LogP contribution in [0.3, 0.4) is 0 Å². The molecule has 2 aromatic rings. The maximum atomic E-state index is 12.2. The number of thiophene rings is 1. The van der Waals surface area contributed by atoms with Crippen LogP contribution >= 0.6 is 27.3 Å². The molecule has 3 nitrogen and oxygen atoms in total. The average molecular weight is 337 g/mol. The molecule has 0 aliphatic carbocycles. The third-order valence-corrected chi connectivity index (χ3v) is 5.03. The second-order valence-electron chi connectivity index (χ2n) is 4.59. The summed E-state index contributed by atoms with van der Waals surface area (Å²) in [4.78, 5) is 13.4. The van der Waals surface area contributed by atoms with E-state index in [0.717, 1.165) is 26.2 Å². The van der Waals surface area contributed by atoms with E-state index in [-0.39, 0.29) is 12.1 Å². The minimum absolute atomic E-state index is 0.00326. The molecule has 0 radical (unpaired) electrons. The average Bonchev–Trinajstić information content (AvgIpc) is 2.66. The lowest BCUT2D eigenvalue weighted by atomic mass is 10.1. The van der Waals surface area contributed by atoms with Crippen LogP contribution in [-0.2, 0) is 0 Å². The number of rotatable bonds is 1. The zero-order valence-electron chi connectivity index (χ0n) is 10.6. The minimum atomic E-state index is -0.162. The molecule has 3 rings (SSSR count). The molecule has 0 unspecified atom stereocenters. The van der Waals surface area contributed by atoms with E-state index in [9.17, 15) is 4.79 Å². The van der Waals surface area contributed by atoms with Crippen LogP contribution in [0.2, 0.25) is 0 Å². The molecule has 0 bridgehead atoms. The van der Waals surface area contributed by atoms with Crippen molar-refractivity contribution in [3.05, 3.63) is 50.3 Å². The molecule has 1 aliphatic rings. The van der Waals surface area contributed by atoms with Crippen LogP contribution in [0.25, 0.3) is 0 Å². The highest BCUT2D eigenvalue weighted by molar-refractivity contribution is 9.10. The zero-order chi connectivity index (χ0) is 13.6. The highest BCUT2D eigenvalue weighted by Gasteiger charge is 2.28. The van der Waals surface area contributed by atoms with Crippen molar-refractivity contribution in [3.8, 4) is 0 Å². The topological polar surface area (TPSA) is 41.1 Å². The van der Waals surface area contributed by atoms with Gasteiger partial charge in [-0.3, -0.25) is 4.79 Å². The van der Waals surface area contributed by atoms with E-state index >= 15 is 0 Å². The van der Waals surface area contributed by atoms with Gasteiger partial charge in [-0.1, -0.05) is 28.1 Å². The van der Waals surface area contributed by atoms with Crippen molar-refractivity contribution in [2.45, 2.75) is 20.0 Å². The number of halogens is 1. The number of amides is 1. The highest BCUT2D eigenvalue weighted by atomic mass is 79.9. The summed E-state index contributed by atoms with van der Waals surface area (Å²) >= 11 is 5.06. The molecule has 1 aromatic heterocycles. The Morgan fingerprint density at radius 2 is 1.84 bits per heavy atom. The van der Waals surface area contributed by atoms with Gasteiger partial charge in [0.05, 0.1) is 5.56 Å². The van der Waals surface area contributed by atoms with Gasteiger partial charge < -0.3 is 10.6 Å². The Bertz CT molecular complexity index is 648. The van der Waals surface area contributed by atoms with E-state index < -0.39 is 0 Å². The summed E-state index contributed by atoms with van der Waals surface area (Å²) in [5, 5.41) is 7.36. The van der Waals surface area contributed by atoms with Crippen molar-refractivity contribution in [2.75, 3.05) is 5.32 Å². The van der Waals surface area contributed by atoms with Crippen molar-refractivity contribution in [2.24, 2.45) is 0 Å². The Hall–Kier alpha value is -1.33. The first-order valence-corrected chi connectivity index (χ1v) is 7.60. The molecule has 0 spiro atoms. The van der Waals surface area contributed by atoms with Crippen molar-refractivity contribution < 1.29 is 4.79 Å². The number of aryl methyl sites for hydroxylation is 1. The maximum absolute atomic E-state index is 12.2. The number of nitrogens with one attached hydrogen (secondary N) is 2. The zero-order valence-corrected chi connectivity index (χ0v) is 13.0. The lowest BCUT2D eigenvalue weighted by molar-refractivity contribution is 0.0936. The molecule has 5 heteroatoms. The lowest BCUT2D eigenvalue weighted by Gasteiger charge is -2.26. The van der Waals surface area contributed by atoms with Gasteiger partial charge in [0.2, 0.25) is 0 Å². The van der Waals surface area contributed by atoms with Gasteiger partial charge in [-0.2, -0.15) is 0 Å². The lowest BCUT2D eigenvalue weighted by Crippen LogP contribution is -2.38. The fourth-order valence-corrected chi connectivity index (χ4v) is 3.54. The third kappa shape index (κ3) is 2.17. The van der Waals surface area contributed by atoms with Crippen LogP contribution in [-0.4, -0.2) is 5.91 Å².